The van der Waals surface area contributed by atoms with Crippen LogP contribution in [-0.2, 0) is 84.3 Å². The van der Waals surface area contributed by atoms with E-state index in [-0.39, 0.29) is 118 Å². The Hall–Kier alpha value is -15.0. The van der Waals surface area contributed by atoms with E-state index in [4.69, 9.17) is 15.9 Å². The van der Waals surface area contributed by atoms with Crippen LogP contribution in [-0.4, -0.2) is 179 Å². The molecule has 12 N–H and O–H groups in total. The van der Waals surface area contributed by atoms with Crippen molar-refractivity contribution in [1.29, 1.82) is 0 Å². The quantitative estimate of drug-likeness (QED) is 0.0164. The number of primary amides is 1. The van der Waals surface area contributed by atoms with E-state index in [1.165, 1.54) is 99.8 Å². The Bertz CT molecular complexity index is 6240. The van der Waals surface area contributed by atoms with Crippen LogP contribution in [0, 0.1) is 0 Å². The molecule has 11 aromatic carbocycles. The van der Waals surface area contributed by atoms with Gasteiger partial charge in [-0.25, -0.2) is 62.6 Å². The zero-order valence-corrected chi connectivity index (χ0v) is 72.8. The van der Waals surface area contributed by atoms with E-state index in [2.05, 4.69) is 21.3 Å². The van der Waals surface area contributed by atoms with Gasteiger partial charge in [0.15, 0.2) is 5.78 Å². The summed E-state index contributed by atoms with van der Waals surface area (Å²) < 4.78 is 76.3. The minimum atomic E-state index is -3.50. The Morgan fingerprint density at radius 2 is 0.682 bits per heavy atom. The van der Waals surface area contributed by atoms with Gasteiger partial charge in [-0.05, 0) is 143 Å². The number of amides is 5. The summed E-state index contributed by atoms with van der Waals surface area (Å²) in [5, 5.41) is 65.5. The molecule has 35 heteroatoms. The van der Waals surface area contributed by atoms with E-state index < -0.39 is 95.6 Å². The number of carboxylic acid groups (broad SMARTS) is 6. The largest absolute Gasteiger partial charge is 0.480 e. The van der Waals surface area contributed by atoms with Gasteiger partial charge in [0.2, 0.25) is 36.0 Å². The number of aryl methyl sites for hydroxylation is 1. The van der Waals surface area contributed by atoms with E-state index >= 15 is 0 Å². The summed E-state index contributed by atoms with van der Waals surface area (Å²) in [6, 6.07) is 73.9. The molecule has 672 valence electrons. The molecular weight excluding hydrogens is 1720 g/mol. The lowest BCUT2D eigenvalue weighted by atomic mass is 9.97. The predicted octanol–water partition coefficient (Wildman–Crippen LogP) is 12.5. The number of nitrogens with two attached hydrogens (primary N) is 1. The summed E-state index contributed by atoms with van der Waals surface area (Å²) in [4.78, 5) is 140. The average molecular weight is 1820 g/mol. The first-order valence-corrected chi connectivity index (χ1v) is 44.4. The number of carbonyl (C=O) groups is 12. The third kappa shape index (κ3) is 31.9. The van der Waals surface area contributed by atoms with Crippen molar-refractivity contribution in [2.45, 2.75) is 71.0 Å². The number of anilines is 3. The number of ketones is 1. The van der Waals surface area contributed by atoms with Gasteiger partial charge in [-0.2, -0.15) is 4.31 Å². The normalized spacial score (nSPS) is 11.2. The van der Waals surface area contributed by atoms with Gasteiger partial charge in [0.25, 0.3) is 23.6 Å². The van der Waals surface area contributed by atoms with Gasteiger partial charge < -0.3 is 57.6 Å². The molecule has 5 amide bonds. The molecule has 0 heterocycles. The van der Waals surface area contributed by atoms with Crippen LogP contribution in [0.2, 0.25) is 0 Å². The first-order valence-electron chi connectivity index (χ1n) is 39.3. The molecule has 11 rings (SSSR count). The molecular formula is C94H94N8O24S3. The van der Waals surface area contributed by atoms with Gasteiger partial charge in [-0.15, -0.1) is 0 Å². The van der Waals surface area contributed by atoms with Gasteiger partial charge in [-0.1, -0.05) is 195 Å². The van der Waals surface area contributed by atoms with Gasteiger partial charge in [0, 0.05) is 82.2 Å². The number of rotatable bonds is 35. The third-order valence-corrected chi connectivity index (χ3v) is 24.0. The second-order valence-corrected chi connectivity index (χ2v) is 34.9. The number of aliphatic carboxylic acids is 1. The Balaban J connectivity index is 0.000000222. The van der Waals surface area contributed by atoms with Crippen molar-refractivity contribution in [2.75, 3.05) is 48.6 Å². The topological polar surface area (TPSA) is 512 Å². The fraction of sp³-hybridized carbons (Fsp3) is 0.170. The lowest BCUT2D eigenvalue weighted by Gasteiger charge is -2.18. The van der Waals surface area contributed by atoms with Crippen LogP contribution in [0.3, 0.4) is 0 Å². The fourth-order valence-electron chi connectivity index (χ4n) is 12.4. The standard InChI is InChI=1S/C24H23NO5S.2C18H20N2O5S.C17H16N2O4.C17H15NO5/c1-25(31(29,30)17-18-8-3-2-4-9-18)16-20-11-7-10-19(14-20)15-23(26)21-12-5-6-13-22(21)24(27)28;1-3-20(26(2,24)25)12-13-7-6-8-14(11-13)19-17(21)15-9-4-5-10-16(15)18(22)23;1-3-26(24,25)20(2)12-13-7-6-8-14(11-13)19-17(21)15-9-4-5-10-16(15)18(22)23;18-15(20)10-7-11-5-8-12(9-6-11)19-16(21)13-3-1-2-4-14(13)17(22)23;19-15(12-8-4-5-9-13(12)16(20)21)18-14(17(22)23)10-11-6-2-1-3-7-11/h2-14H,15-17H2,1H3,(H,27,28);2*4-11H,3,12H2,1-2H3,(H,19,21)(H,22,23);1-6,8-9H,7,10H2,(H2,18,20)(H,19,21)(H,22,23);1-9,14H,10H2,(H,18,19)(H,20,21)(H,22,23). The highest BCUT2D eigenvalue weighted by Crippen LogP contribution is 2.24. The lowest BCUT2D eigenvalue weighted by Crippen LogP contribution is -2.42. The summed E-state index contributed by atoms with van der Waals surface area (Å²) in [6.45, 7) is 4.18. The van der Waals surface area contributed by atoms with Crippen molar-refractivity contribution in [3.05, 3.63) is 374 Å². The van der Waals surface area contributed by atoms with E-state index in [0.717, 1.165) is 22.9 Å². The lowest BCUT2D eigenvalue weighted by molar-refractivity contribution is -0.139. The summed E-state index contributed by atoms with van der Waals surface area (Å²) in [7, 11) is -7.12. The second-order valence-electron chi connectivity index (χ2n) is 28.5. The highest BCUT2D eigenvalue weighted by atomic mass is 32.2. The van der Waals surface area contributed by atoms with E-state index in [1.54, 1.807) is 214 Å². The Morgan fingerprint density at radius 1 is 0.349 bits per heavy atom. The molecule has 0 aliphatic carbocycles. The summed E-state index contributed by atoms with van der Waals surface area (Å²) in [5.74, 6) is -10.2. The molecule has 0 aliphatic heterocycles. The van der Waals surface area contributed by atoms with Crippen molar-refractivity contribution in [2.24, 2.45) is 5.73 Å². The molecule has 0 aliphatic rings. The van der Waals surface area contributed by atoms with E-state index in [9.17, 15) is 103 Å². The van der Waals surface area contributed by atoms with Crippen LogP contribution in [0.15, 0.2) is 279 Å². The third-order valence-electron chi connectivity index (χ3n) is 19.0. The number of benzene rings is 11. The van der Waals surface area contributed by atoms with Crippen LogP contribution in [0.4, 0.5) is 17.1 Å². The number of nitrogens with zero attached hydrogens (tertiary/aromatic N) is 3. The number of sulfonamides is 3. The number of hydrogen-bond donors (Lipinski definition) is 11. The Kier molecular flexibility index (Phi) is 38.0. The first kappa shape index (κ1) is 101. The van der Waals surface area contributed by atoms with Crippen molar-refractivity contribution in [1.82, 2.24) is 18.2 Å². The summed E-state index contributed by atoms with van der Waals surface area (Å²) in [6.07, 6.45) is 2.07. The summed E-state index contributed by atoms with van der Waals surface area (Å²) >= 11 is 0. The van der Waals surface area contributed by atoms with E-state index in [1.807, 2.05) is 6.07 Å². The maximum absolute atomic E-state index is 12.7. The van der Waals surface area contributed by atoms with E-state index in [0.29, 0.717) is 52.3 Å². The van der Waals surface area contributed by atoms with Crippen LogP contribution >= 0.6 is 0 Å². The minimum absolute atomic E-state index is 0.00585. The molecule has 0 bridgehead atoms. The molecule has 1 unspecified atom stereocenters. The number of hydrogen-bond acceptors (Lipinski definition) is 18. The molecule has 11 aromatic rings. The van der Waals surface area contributed by atoms with Gasteiger partial charge >= 0.3 is 35.8 Å². The van der Waals surface area contributed by atoms with Gasteiger partial charge in [0.05, 0.1) is 67.8 Å². The Morgan fingerprint density at radius 3 is 1.07 bits per heavy atom. The van der Waals surface area contributed by atoms with Crippen LogP contribution in [0.5, 0.6) is 0 Å². The van der Waals surface area contributed by atoms with Gasteiger partial charge in [0.1, 0.15) is 6.04 Å². The molecule has 129 heavy (non-hydrogen) atoms. The van der Waals surface area contributed by atoms with Gasteiger partial charge in [-0.3, -0.25) is 28.8 Å². The minimum Gasteiger partial charge on any atom is -0.480 e. The highest BCUT2D eigenvalue weighted by molar-refractivity contribution is 7.89. The predicted molar refractivity (Wildman–Crippen MR) is 484 cm³/mol. The number of nitrogens with one attached hydrogen (secondary N) is 4. The maximum Gasteiger partial charge on any atom is 0.336 e. The first-order chi connectivity index (χ1) is 61.2. The highest BCUT2D eigenvalue weighted by Gasteiger charge is 2.27. The molecule has 0 saturated carbocycles. The molecule has 0 radical (unpaired) electrons. The smallest absolute Gasteiger partial charge is 0.336 e. The average Bonchev–Trinajstić information content (AvgIpc) is 0.858. The van der Waals surface area contributed by atoms with Crippen molar-refractivity contribution < 1.29 is 113 Å². The van der Waals surface area contributed by atoms with Crippen LogP contribution < -0.4 is 27.0 Å². The SMILES string of the molecule is CCN(Cc1cccc(NC(=O)c2ccccc2C(=O)O)c1)S(C)(=O)=O.CCS(=O)(=O)N(C)Cc1cccc(NC(=O)c2ccccc2C(=O)O)c1.CN(Cc1cccc(CC(=O)c2ccccc2C(=O)O)c1)S(=O)(=O)Cc1ccccc1.NC(=O)CCc1ccc(NC(=O)c2ccccc2C(=O)O)cc1.O=C(O)c1ccccc1C(=O)NC(Cc1ccccc1)C(=O)O. The van der Waals surface area contributed by atoms with Crippen LogP contribution in [0.25, 0.3) is 0 Å². The van der Waals surface area contributed by atoms with Crippen molar-refractivity contribution in [3.63, 3.8) is 0 Å². The second kappa shape index (κ2) is 48.5. The van der Waals surface area contributed by atoms with Crippen molar-refractivity contribution >= 4 is 118 Å². The number of Topliss-reactive ketones (excluding diaryl/α,β-unsaturated/α-hetero) is 1. The zero-order chi connectivity index (χ0) is 94.7. The molecule has 32 nitrogen and oxygen atoms in total. The van der Waals surface area contributed by atoms with Crippen molar-refractivity contribution in [3.8, 4) is 0 Å². The fourth-order valence-corrected chi connectivity index (χ4v) is 15.2. The molecule has 0 saturated heterocycles. The number of aromatic carboxylic acids is 5. The Labute approximate surface area is 744 Å². The van der Waals surface area contributed by atoms with Crippen LogP contribution in [0.1, 0.15) is 163 Å². The monoisotopic (exact) mass is 1810 g/mol. The molecule has 0 spiro atoms. The maximum atomic E-state index is 12.7. The number of carbonyl (C=O) groups excluding carboxylic acids is 6. The molecule has 1 atom stereocenters. The number of carboxylic acids is 6. The summed E-state index contributed by atoms with van der Waals surface area (Å²) in [5.41, 5.74) is 11.6. The molecule has 0 aromatic heterocycles. The molecule has 0 fully saturated rings. The zero-order valence-electron chi connectivity index (χ0n) is 70.4.